The van der Waals surface area contributed by atoms with Gasteiger partial charge in [0, 0.05) is 34.0 Å². The summed E-state index contributed by atoms with van der Waals surface area (Å²) >= 11 is 0. The molecule has 0 saturated carbocycles. The van der Waals surface area contributed by atoms with Crippen molar-refractivity contribution < 1.29 is 52.7 Å². The summed E-state index contributed by atoms with van der Waals surface area (Å²) in [5.41, 5.74) is -24.8. The Hall–Kier alpha value is -7.15. The van der Waals surface area contributed by atoms with Crippen LogP contribution in [0.4, 0.5) is 52.7 Å². The van der Waals surface area contributed by atoms with Crippen molar-refractivity contribution in [2.75, 3.05) is 0 Å². The molecule has 0 aliphatic carbocycles. The molecule has 0 fully saturated rings. The number of nitrogens with zero attached hydrogens (tertiary/aromatic N) is 9. The fourth-order valence-corrected chi connectivity index (χ4v) is 4.64. The summed E-state index contributed by atoms with van der Waals surface area (Å²) in [7, 11) is 0. The molecule has 0 atom stereocenters. The number of pyridine rings is 2. The molecule has 1 aromatic carbocycles. The van der Waals surface area contributed by atoms with Crippen molar-refractivity contribution >= 4 is 11.1 Å². The van der Waals surface area contributed by atoms with Crippen LogP contribution in [0.5, 0.6) is 0 Å². The van der Waals surface area contributed by atoms with Gasteiger partial charge in [0.1, 0.15) is 36.4 Å². The van der Waals surface area contributed by atoms with Crippen molar-refractivity contribution in [2.24, 2.45) is 0 Å². The van der Waals surface area contributed by atoms with Crippen LogP contribution >= 0.6 is 0 Å². The topological polar surface area (TPSA) is 192 Å². The molecule has 0 amide bonds. The molecule has 0 N–H and O–H groups in total. The number of hydrogen-bond donors (Lipinski definition) is 0. The summed E-state index contributed by atoms with van der Waals surface area (Å²) in [6.07, 6.45) is -24.0. The first-order chi connectivity index (χ1) is 23.1. The van der Waals surface area contributed by atoms with Gasteiger partial charge in [0.25, 0.3) is 0 Å². The Balaban J connectivity index is 2.93. The quantitative estimate of drug-likeness (QED) is 0.316. The molecule has 50 heavy (non-hydrogen) atoms. The number of hydrogen-bond acceptors (Lipinski definition) is 9. The largest absolute Gasteiger partial charge is 0.433 e. The zero-order valence-electron chi connectivity index (χ0n) is 23.3. The Morgan fingerprint density at radius 1 is 0.480 bits per heavy atom. The highest BCUT2D eigenvalue weighted by molar-refractivity contribution is 5.87. The van der Waals surface area contributed by atoms with Crippen LogP contribution in [0.25, 0.3) is 11.1 Å². The van der Waals surface area contributed by atoms with E-state index in [0.717, 1.165) is 36.4 Å². The van der Waals surface area contributed by atoms with Crippen LogP contribution in [0.1, 0.15) is 61.5 Å². The maximum Gasteiger partial charge on any atom is 0.433 e. The van der Waals surface area contributed by atoms with Gasteiger partial charge in [0.05, 0.1) is 56.2 Å². The molecule has 0 spiro atoms. The van der Waals surface area contributed by atoms with Crippen molar-refractivity contribution in [3.05, 3.63) is 90.4 Å². The summed E-state index contributed by atoms with van der Waals surface area (Å²) in [6.45, 7) is 0. The van der Waals surface area contributed by atoms with Gasteiger partial charge in [0.2, 0.25) is 0 Å². The average Bonchev–Trinajstić information content (AvgIpc) is 3.02. The van der Waals surface area contributed by atoms with E-state index in [9.17, 15) is 89.5 Å². The van der Waals surface area contributed by atoms with Gasteiger partial charge in [-0.3, -0.25) is 0 Å². The van der Waals surface area contributed by atoms with E-state index >= 15 is 0 Å². The summed E-state index contributed by atoms with van der Waals surface area (Å²) in [5, 5.41) is 65.9. The molecule has 0 unspecified atom stereocenters. The molecule has 2 aromatic heterocycles. The fourth-order valence-electron chi connectivity index (χ4n) is 4.64. The van der Waals surface area contributed by atoms with Gasteiger partial charge in [-0.25, -0.2) is 9.97 Å². The normalized spacial score (nSPS) is 12.9. The van der Waals surface area contributed by atoms with E-state index < -0.39 is 108 Å². The Kier molecular flexibility index (Phi) is 9.55. The predicted molar refractivity (Wildman–Crippen MR) is 134 cm³/mol. The lowest BCUT2D eigenvalue weighted by molar-refractivity contribution is -0.164. The lowest BCUT2D eigenvalue weighted by Gasteiger charge is -2.20. The van der Waals surface area contributed by atoms with Crippen molar-refractivity contribution in [1.29, 1.82) is 36.8 Å². The molecule has 3 rings (SSSR count). The molecule has 2 heterocycles. The van der Waals surface area contributed by atoms with E-state index in [1.165, 1.54) is 6.07 Å². The molecule has 0 bridgehead atoms. The van der Waals surface area contributed by atoms with Crippen LogP contribution in [0.3, 0.4) is 0 Å². The third kappa shape index (κ3) is 6.38. The van der Waals surface area contributed by atoms with Crippen LogP contribution in [-0.4, -0.2) is 9.97 Å². The third-order valence-corrected chi connectivity index (χ3v) is 6.42. The SMILES string of the molecule is N#C/C(c1c(C#N)cnc(C(F)(F)F)c1C(F)(F)F)=c1/cc(C#N)/c(=C(\C#N)c2c(C#N)cnc(C(F)(F)F)c2C(F)(F)F)c(C#N)c1C#N. The zero-order chi connectivity index (χ0) is 38.1. The second-order valence-electron chi connectivity index (χ2n) is 9.16. The number of nitriles is 7. The number of benzene rings is 1. The van der Waals surface area contributed by atoms with Crippen LogP contribution in [0, 0.1) is 79.3 Å². The first kappa shape index (κ1) is 37.3. The van der Waals surface area contributed by atoms with Gasteiger partial charge in [-0.15, -0.1) is 0 Å². The fraction of sp³-hybridized carbons (Fsp3) is 0.138. The third-order valence-electron chi connectivity index (χ3n) is 6.42. The highest BCUT2D eigenvalue weighted by Crippen LogP contribution is 2.45. The summed E-state index contributed by atoms with van der Waals surface area (Å²) in [5.74, 6) is 0. The number of alkyl halides is 12. The minimum absolute atomic E-state index is 0.0209. The Morgan fingerprint density at radius 2 is 0.860 bits per heavy atom. The lowest BCUT2D eigenvalue weighted by atomic mass is 9.87. The van der Waals surface area contributed by atoms with Gasteiger partial charge in [-0.1, -0.05) is 0 Å². The summed E-state index contributed by atoms with van der Waals surface area (Å²) in [4.78, 5) is 5.23. The Labute approximate surface area is 268 Å². The molecule has 21 heteroatoms. The molecule has 0 saturated heterocycles. The second-order valence-corrected chi connectivity index (χ2v) is 9.16. The number of aromatic nitrogens is 2. The molecule has 0 radical (unpaired) electrons. The average molecular weight is 705 g/mol. The minimum Gasteiger partial charge on any atom is -0.250 e. The highest BCUT2D eigenvalue weighted by Gasteiger charge is 2.49. The molecular weight excluding hydrogens is 702 g/mol. The van der Waals surface area contributed by atoms with E-state index in [1.807, 2.05) is 0 Å². The monoisotopic (exact) mass is 705 g/mol. The Bertz CT molecular complexity index is 2400. The first-order valence-electron chi connectivity index (χ1n) is 12.2. The predicted octanol–water partition coefficient (Wildman–Crippen LogP) is 5.36. The Morgan fingerprint density at radius 3 is 1.16 bits per heavy atom. The number of halogens is 12. The highest BCUT2D eigenvalue weighted by atomic mass is 19.4. The van der Waals surface area contributed by atoms with Gasteiger partial charge in [0.15, 0.2) is 11.4 Å². The van der Waals surface area contributed by atoms with Gasteiger partial charge in [-0.2, -0.15) is 89.5 Å². The molecule has 0 aliphatic rings. The van der Waals surface area contributed by atoms with Gasteiger partial charge < -0.3 is 0 Å². The molecular formula is C29H3F12N9. The molecule has 248 valence electrons. The van der Waals surface area contributed by atoms with Gasteiger partial charge in [-0.05, 0) is 6.07 Å². The van der Waals surface area contributed by atoms with E-state index in [-0.39, 0.29) is 18.5 Å². The molecule has 3 aromatic rings. The lowest BCUT2D eigenvalue weighted by Crippen LogP contribution is -2.29. The van der Waals surface area contributed by atoms with Crippen molar-refractivity contribution in [2.45, 2.75) is 24.7 Å². The van der Waals surface area contributed by atoms with Gasteiger partial charge >= 0.3 is 24.7 Å². The van der Waals surface area contributed by atoms with Crippen LogP contribution in [0.15, 0.2) is 18.5 Å². The smallest absolute Gasteiger partial charge is 0.250 e. The van der Waals surface area contributed by atoms with E-state index in [2.05, 4.69) is 9.97 Å². The minimum atomic E-state index is -6.07. The first-order valence-corrected chi connectivity index (χ1v) is 12.2. The van der Waals surface area contributed by atoms with E-state index in [4.69, 9.17) is 0 Å². The molecule has 9 nitrogen and oxygen atoms in total. The summed E-state index contributed by atoms with van der Waals surface area (Å²) < 4.78 is 167. The standard InChI is InChI=1S/C29H3F12N9/c30-26(31,32)22-20(12(3-43)9-49-24(22)28(36,37)38)16(6-46)14-1-11(2-42)19(17(7-47)15(14)5-45)18(8-48)21-13(4-44)10-50-25(29(39,40)41)23(21)27(33,34)35/h1,9-10H/b16-14+,19-18-. The van der Waals surface area contributed by atoms with Crippen LogP contribution < -0.4 is 10.4 Å². The second kappa shape index (κ2) is 12.8. The maximum absolute atomic E-state index is 14.2. The van der Waals surface area contributed by atoms with E-state index in [1.54, 1.807) is 0 Å². The van der Waals surface area contributed by atoms with Crippen molar-refractivity contribution in [3.8, 4) is 42.5 Å². The van der Waals surface area contributed by atoms with Crippen molar-refractivity contribution in [3.63, 3.8) is 0 Å². The van der Waals surface area contributed by atoms with E-state index in [0.29, 0.717) is 0 Å². The van der Waals surface area contributed by atoms with Crippen LogP contribution in [0.2, 0.25) is 0 Å². The van der Waals surface area contributed by atoms with Crippen LogP contribution in [-0.2, 0) is 24.7 Å². The van der Waals surface area contributed by atoms with Crippen molar-refractivity contribution in [1.82, 2.24) is 9.97 Å². The summed E-state index contributed by atoms with van der Waals surface area (Å²) in [6, 6.07) is 7.90. The number of rotatable bonds is 2. The zero-order valence-corrected chi connectivity index (χ0v) is 23.3. The maximum atomic E-state index is 14.2. The molecule has 0 aliphatic heterocycles.